The molecule has 0 radical (unpaired) electrons. The molecule has 0 aliphatic heterocycles. The predicted molar refractivity (Wildman–Crippen MR) is 40.3 cm³/mol. The summed E-state index contributed by atoms with van der Waals surface area (Å²) in [4.78, 5) is 0. The Bertz CT molecular complexity index is 137. The van der Waals surface area contributed by atoms with Crippen LogP contribution in [0.2, 0.25) is 0 Å². The molecule has 0 saturated carbocycles. The zero-order valence-corrected chi connectivity index (χ0v) is 5.83. The number of aliphatic hydroxyl groups is 1. The summed E-state index contributed by atoms with van der Waals surface area (Å²) < 4.78 is 0. The van der Waals surface area contributed by atoms with E-state index in [9.17, 15) is 0 Å². The smallest absolute Gasteiger partial charge is 0.0891 e. The van der Waals surface area contributed by atoms with Crippen molar-refractivity contribution in [3.63, 3.8) is 0 Å². The summed E-state index contributed by atoms with van der Waals surface area (Å²) in [5.74, 6) is 0.329. The van der Waals surface area contributed by atoms with Crippen molar-refractivity contribution in [2.24, 2.45) is 0 Å². The molecule has 9 heavy (non-hydrogen) atoms. The average molecular weight is 124 g/mol. The Kier molecular flexibility index (Phi) is 4.60. The largest absolute Gasteiger partial charge is 0.513 e. The first-order valence-corrected chi connectivity index (χ1v) is 2.92. The van der Waals surface area contributed by atoms with Crippen LogP contribution in [0.4, 0.5) is 0 Å². The highest BCUT2D eigenvalue weighted by Crippen LogP contribution is 1.85. The van der Waals surface area contributed by atoms with Crippen molar-refractivity contribution >= 4 is 0 Å². The standard InChI is InChI=1S/C8H12O/c1-3-4-5-6-7-8(2)9/h3-7,9H,1-2H3/b4-3-,6-5-,8-7+. The Balaban J connectivity index is 3.60. The number of hydrogen-bond acceptors (Lipinski definition) is 1. The molecule has 0 fully saturated rings. The van der Waals surface area contributed by atoms with Gasteiger partial charge in [0.1, 0.15) is 0 Å². The van der Waals surface area contributed by atoms with Crippen LogP contribution in [0.3, 0.4) is 0 Å². The van der Waals surface area contributed by atoms with Crippen LogP contribution in [0.25, 0.3) is 0 Å². The second-order valence-corrected chi connectivity index (χ2v) is 1.72. The Hall–Kier alpha value is -0.980. The van der Waals surface area contributed by atoms with Crippen molar-refractivity contribution < 1.29 is 5.11 Å². The van der Waals surface area contributed by atoms with E-state index in [1.165, 1.54) is 0 Å². The molecular formula is C8H12O. The van der Waals surface area contributed by atoms with E-state index in [4.69, 9.17) is 5.11 Å². The van der Waals surface area contributed by atoms with E-state index in [2.05, 4.69) is 0 Å². The molecule has 1 heteroatoms. The van der Waals surface area contributed by atoms with Gasteiger partial charge in [-0.1, -0.05) is 24.3 Å². The molecule has 0 saturated heterocycles. The van der Waals surface area contributed by atoms with Crippen LogP contribution < -0.4 is 0 Å². The molecule has 0 amide bonds. The summed E-state index contributed by atoms with van der Waals surface area (Å²) >= 11 is 0. The Morgan fingerprint density at radius 2 is 1.89 bits per heavy atom. The van der Waals surface area contributed by atoms with E-state index >= 15 is 0 Å². The molecule has 0 aliphatic rings. The van der Waals surface area contributed by atoms with Crippen LogP contribution in [0, 0.1) is 0 Å². The van der Waals surface area contributed by atoms with Gasteiger partial charge in [-0.2, -0.15) is 0 Å². The van der Waals surface area contributed by atoms with Crippen molar-refractivity contribution in [1.82, 2.24) is 0 Å². The molecule has 1 N–H and O–H groups in total. The molecule has 0 aromatic carbocycles. The van der Waals surface area contributed by atoms with Crippen molar-refractivity contribution in [3.8, 4) is 0 Å². The van der Waals surface area contributed by atoms with E-state index in [-0.39, 0.29) is 0 Å². The number of allylic oxidation sites excluding steroid dienone is 6. The maximum atomic E-state index is 8.64. The van der Waals surface area contributed by atoms with E-state index < -0.39 is 0 Å². The van der Waals surface area contributed by atoms with Crippen LogP contribution in [-0.4, -0.2) is 5.11 Å². The topological polar surface area (TPSA) is 20.2 Å². The quantitative estimate of drug-likeness (QED) is 0.443. The third kappa shape index (κ3) is 7.02. The van der Waals surface area contributed by atoms with E-state index in [0.717, 1.165) is 0 Å². The zero-order valence-electron chi connectivity index (χ0n) is 5.83. The second kappa shape index (κ2) is 5.16. The van der Waals surface area contributed by atoms with Crippen LogP contribution in [-0.2, 0) is 0 Å². The zero-order chi connectivity index (χ0) is 7.11. The van der Waals surface area contributed by atoms with Crippen molar-refractivity contribution in [1.29, 1.82) is 0 Å². The molecule has 1 nitrogen and oxygen atoms in total. The Morgan fingerprint density at radius 3 is 2.33 bits per heavy atom. The SMILES string of the molecule is C\C=C/C=C\C=C(/C)O. The summed E-state index contributed by atoms with van der Waals surface area (Å²) in [5.41, 5.74) is 0. The highest BCUT2D eigenvalue weighted by atomic mass is 16.3. The first kappa shape index (κ1) is 8.02. The van der Waals surface area contributed by atoms with Gasteiger partial charge in [0.2, 0.25) is 0 Å². The highest BCUT2D eigenvalue weighted by Gasteiger charge is 1.69. The van der Waals surface area contributed by atoms with Gasteiger partial charge in [0.25, 0.3) is 0 Å². The fourth-order valence-electron chi connectivity index (χ4n) is 0.370. The minimum atomic E-state index is 0.329. The van der Waals surface area contributed by atoms with Gasteiger partial charge in [0.05, 0.1) is 5.76 Å². The molecule has 0 heterocycles. The third-order valence-electron chi connectivity index (χ3n) is 0.752. The summed E-state index contributed by atoms with van der Waals surface area (Å²) in [6.45, 7) is 3.58. The molecule has 0 bridgehead atoms. The second-order valence-electron chi connectivity index (χ2n) is 1.72. The van der Waals surface area contributed by atoms with Gasteiger partial charge in [-0.25, -0.2) is 0 Å². The number of hydrogen-bond donors (Lipinski definition) is 1. The van der Waals surface area contributed by atoms with Crippen LogP contribution in [0.15, 0.2) is 36.1 Å². The van der Waals surface area contributed by atoms with E-state index in [1.807, 2.05) is 25.2 Å². The fourth-order valence-corrected chi connectivity index (χ4v) is 0.370. The fraction of sp³-hybridized carbons (Fsp3) is 0.250. The minimum Gasteiger partial charge on any atom is -0.513 e. The summed E-state index contributed by atoms with van der Waals surface area (Å²) in [7, 11) is 0. The van der Waals surface area contributed by atoms with E-state index in [0.29, 0.717) is 5.76 Å². The van der Waals surface area contributed by atoms with Crippen molar-refractivity contribution in [3.05, 3.63) is 36.1 Å². The highest BCUT2D eigenvalue weighted by molar-refractivity contribution is 5.11. The van der Waals surface area contributed by atoms with Crippen LogP contribution in [0.5, 0.6) is 0 Å². The molecule has 0 atom stereocenters. The Morgan fingerprint density at radius 1 is 1.22 bits per heavy atom. The lowest BCUT2D eigenvalue weighted by Gasteiger charge is -1.79. The third-order valence-corrected chi connectivity index (χ3v) is 0.752. The van der Waals surface area contributed by atoms with Crippen molar-refractivity contribution in [2.75, 3.05) is 0 Å². The first-order chi connectivity index (χ1) is 4.27. The van der Waals surface area contributed by atoms with Gasteiger partial charge in [-0.3, -0.25) is 0 Å². The summed E-state index contributed by atoms with van der Waals surface area (Å²) in [6, 6.07) is 0. The number of rotatable bonds is 2. The molecule has 0 aromatic heterocycles. The van der Waals surface area contributed by atoms with Gasteiger partial charge >= 0.3 is 0 Å². The molecule has 0 spiro atoms. The van der Waals surface area contributed by atoms with Gasteiger partial charge in [-0.05, 0) is 19.9 Å². The molecule has 0 aliphatic carbocycles. The van der Waals surface area contributed by atoms with Crippen molar-refractivity contribution in [2.45, 2.75) is 13.8 Å². The monoisotopic (exact) mass is 124 g/mol. The minimum absolute atomic E-state index is 0.329. The molecular weight excluding hydrogens is 112 g/mol. The lowest BCUT2D eigenvalue weighted by molar-refractivity contribution is 0.414. The lowest BCUT2D eigenvalue weighted by Crippen LogP contribution is -1.63. The van der Waals surface area contributed by atoms with E-state index in [1.54, 1.807) is 19.1 Å². The van der Waals surface area contributed by atoms with Gasteiger partial charge in [0, 0.05) is 0 Å². The molecule has 0 aromatic rings. The molecule has 50 valence electrons. The first-order valence-electron chi connectivity index (χ1n) is 2.92. The summed E-state index contributed by atoms with van der Waals surface area (Å²) in [5, 5.41) is 8.64. The maximum absolute atomic E-state index is 8.64. The maximum Gasteiger partial charge on any atom is 0.0891 e. The van der Waals surface area contributed by atoms with Crippen LogP contribution >= 0.6 is 0 Å². The van der Waals surface area contributed by atoms with Gasteiger partial charge in [-0.15, -0.1) is 0 Å². The molecule has 0 unspecified atom stereocenters. The van der Waals surface area contributed by atoms with Crippen LogP contribution in [0.1, 0.15) is 13.8 Å². The normalized spacial score (nSPS) is 13.8. The number of aliphatic hydroxyl groups excluding tert-OH is 1. The Labute approximate surface area is 56.0 Å². The average Bonchev–Trinajstić information content (AvgIpc) is 1.80. The predicted octanol–water partition coefficient (Wildman–Crippen LogP) is 2.58. The molecule has 0 rings (SSSR count). The summed E-state index contributed by atoms with van der Waals surface area (Å²) in [6.07, 6.45) is 9.12. The van der Waals surface area contributed by atoms with Gasteiger partial charge in [0.15, 0.2) is 0 Å². The lowest BCUT2D eigenvalue weighted by atomic mass is 10.4. The van der Waals surface area contributed by atoms with Gasteiger partial charge < -0.3 is 5.11 Å².